The summed E-state index contributed by atoms with van der Waals surface area (Å²) in [5.74, 6) is -4.04. The quantitative estimate of drug-likeness (QED) is 0.443. The highest BCUT2D eigenvalue weighted by atomic mass is 16.5. The Morgan fingerprint density at radius 1 is 1.13 bits per heavy atom. The molecule has 0 saturated heterocycles. The Balaban J connectivity index is 1.58. The molecular weight excluding hydrogens is 502 g/mol. The molecule has 5 rings (SSSR count). The Labute approximate surface area is 224 Å². The van der Waals surface area contributed by atoms with E-state index in [9.17, 15) is 24.3 Å². The Hall–Kier alpha value is -4.66. The number of amides is 1. The number of nitrogens with one attached hydrogen (secondary N) is 1. The van der Waals surface area contributed by atoms with Gasteiger partial charge in [0.25, 0.3) is 5.91 Å². The number of phenolic OH excluding ortho intramolecular Hbond substituents is 1. The second-order valence-corrected chi connectivity index (χ2v) is 9.60. The third-order valence-corrected chi connectivity index (χ3v) is 7.32. The summed E-state index contributed by atoms with van der Waals surface area (Å²) in [7, 11) is 1.33. The van der Waals surface area contributed by atoms with E-state index in [1.165, 1.54) is 20.1 Å². The number of benzene rings is 3. The van der Waals surface area contributed by atoms with Gasteiger partial charge in [-0.1, -0.05) is 30.3 Å². The molecule has 2 N–H and O–H groups in total. The molecule has 0 saturated carbocycles. The number of ether oxygens (including phenoxy) is 3. The fourth-order valence-corrected chi connectivity index (χ4v) is 5.40. The second kappa shape index (κ2) is 9.58. The number of ketones is 3. The largest absolute Gasteiger partial charge is 0.507 e. The van der Waals surface area contributed by atoms with Gasteiger partial charge in [-0.05, 0) is 37.6 Å². The number of carbonyl (C=O) groups is 4. The highest BCUT2D eigenvalue weighted by Crippen LogP contribution is 2.56. The van der Waals surface area contributed by atoms with Crippen LogP contribution in [0, 0.1) is 5.92 Å². The van der Waals surface area contributed by atoms with E-state index in [0.717, 1.165) is 29.3 Å². The number of phenols is 1. The van der Waals surface area contributed by atoms with Crippen molar-refractivity contribution in [1.29, 1.82) is 0 Å². The van der Waals surface area contributed by atoms with Crippen LogP contribution in [-0.4, -0.2) is 42.1 Å². The van der Waals surface area contributed by atoms with Crippen LogP contribution >= 0.6 is 0 Å². The van der Waals surface area contributed by atoms with Crippen molar-refractivity contribution in [2.24, 2.45) is 5.92 Å². The lowest BCUT2D eigenvalue weighted by atomic mass is 9.67. The number of Topliss-reactive ketones (excluding diaryl/α,β-unsaturated/α-hetero) is 2. The van der Waals surface area contributed by atoms with Crippen molar-refractivity contribution in [3.63, 3.8) is 0 Å². The van der Waals surface area contributed by atoms with Crippen LogP contribution < -0.4 is 19.5 Å². The molecule has 1 unspecified atom stereocenters. The van der Waals surface area contributed by atoms with E-state index >= 15 is 0 Å². The Morgan fingerprint density at radius 3 is 2.56 bits per heavy atom. The standard InChI is InChI=1S/C30H27NO8/c1-5-38-21-11-10-16-8-6-7-9-17(16)18(21)14-31-29(36)25-22(37-4)12-20(34)26-27(25)39-23-13-19(33)24(15(2)32)28(35)30(23,26)3/h6-13,24,34H,5,14H2,1-4H3,(H,31,36)/t24?,30-/m1/s1. The van der Waals surface area contributed by atoms with Gasteiger partial charge in [0.1, 0.15) is 45.7 Å². The molecule has 2 aliphatic rings. The highest BCUT2D eigenvalue weighted by Gasteiger charge is 2.58. The van der Waals surface area contributed by atoms with E-state index in [0.29, 0.717) is 12.4 Å². The smallest absolute Gasteiger partial charge is 0.259 e. The maximum Gasteiger partial charge on any atom is 0.259 e. The third-order valence-electron chi connectivity index (χ3n) is 7.32. The minimum Gasteiger partial charge on any atom is -0.507 e. The van der Waals surface area contributed by atoms with Gasteiger partial charge in [-0.15, -0.1) is 0 Å². The van der Waals surface area contributed by atoms with Crippen LogP contribution in [0.2, 0.25) is 0 Å². The van der Waals surface area contributed by atoms with Gasteiger partial charge in [0, 0.05) is 24.3 Å². The fraction of sp³-hybridized carbons (Fsp3) is 0.267. The number of methoxy groups -OCH3 is 1. The summed E-state index contributed by atoms with van der Waals surface area (Å²) in [6, 6.07) is 12.7. The van der Waals surface area contributed by atoms with Crippen molar-refractivity contribution >= 4 is 34.0 Å². The van der Waals surface area contributed by atoms with Crippen molar-refractivity contribution in [3.8, 4) is 23.0 Å². The van der Waals surface area contributed by atoms with Crippen molar-refractivity contribution in [1.82, 2.24) is 5.32 Å². The highest BCUT2D eigenvalue weighted by molar-refractivity contribution is 6.27. The number of allylic oxidation sites excluding steroid dienone is 2. The molecule has 9 nitrogen and oxygen atoms in total. The maximum atomic E-state index is 13.7. The van der Waals surface area contributed by atoms with E-state index < -0.39 is 34.6 Å². The summed E-state index contributed by atoms with van der Waals surface area (Å²) in [5.41, 5.74) is -0.918. The zero-order chi connectivity index (χ0) is 28.1. The molecule has 3 aromatic carbocycles. The molecule has 9 heteroatoms. The zero-order valence-electron chi connectivity index (χ0n) is 21.9. The minimum absolute atomic E-state index is 0.00335. The second-order valence-electron chi connectivity index (χ2n) is 9.60. The van der Waals surface area contributed by atoms with E-state index in [2.05, 4.69) is 5.32 Å². The van der Waals surface area contributed by atoms with E-state index in [1.807, 2.05) is 43.3 Å². The molecule has 0 radical (unpaired) electrons. The number of aromatic hydroxyl groups is 1. The first kappa shape index (κ1) is 26.0. The topological polar surface area (TPSA) is 128 Å². The molecular formula is C30H27NO8. The van der Waals surface area contributed by atoms with Gasteiger partial charge in [0.2, 0.25) is 0 Å². The molecule has 0 aromatic heterocycles. The first-order valence-corrected chi connectivity index (χ1v) is 12.5. The van der Waals surface area contributed by atoms with Gasteiger partial charge in [0.05, 0.1) is 19.3 Å². The van der Waals surface area contributed by atoms with Gasteiger partial charge in [-0.25, -0.2) is 0 Å². The molecule has 0 fully saturated rings. The van der Waals surface area contributed by atoms with Crippen molar-refractivity contribution in [2.45, 2.75) is 32.7 Å². The Bertz CT molecular complexity index is 1600. The van der Waals surface area contributed by atoms with Crippen molar-refractivity contribution < 1.29 is 38.5 Å². The predicted octanol–water partition coefficient (Wildman–Crippen LogP) is 3.77. The summed E-state index contributed by atoms with van der Waals surface area (Å²) in [4.78, 5) is 51.9. The van der Waals surface area contributed by atoms with Crippen LogP contribution in [0.15, 0.2) is 54.3 Å². The number of hydrogen-bond acceptors (Lipinski definition) is 8. The minimum atomic E-state index is -1.64. The van der Waals surface area contributed by atoms with Crippen LogP contribution in [0.3, 0.4) is 0 Å². The van der Waals surface area contributed by atoms with Crippen LogP contribution in [0.4, 0.5) is 0 Å². The van der Waals surface area contributed by atoms with Crippen LogP contribution in [0.1, 0.15) is 42.3 Å². The monoisotopic (exact) mass is 529 g/mol. The Kier molecular flexibility index (Phi) is 6.38. The fourth-order valence-electron chi connectivity index (χ4n) is 5.40. The van der Waals surface area contributed by atoms with Gasteiger partial charge < -0.3 is 24.6 Å². The average molecular weight is 530 g/mol. The third kappa shape index (κ3) is 3.93. The van der Waals surface area contributed by atoms with Gasteiger partial charge in [-0.3, -0.25) is 19.2 Å². The van der Waals surface area contributed by atoms with Crippen molar-refractivity contribution in [3.05, 3.63) is 71.0 Å². The molecule has 1 amide bonds. The predicted molar refractivity (Wildman–Crippen MR) is 141 cm³/mol. The molecule has 1 aliphatic heterocycles. The summed E-state index contributed by atoms with van der Waals surface area (Å²) >= 11 is 0. The zero-order valence-corrected chi connectivity index (χ0v) is 21.9. The molecule has 0 bridgehead atoms. The molecule has 39 heavy (non-hydrogen) atoms. The average Bonchev–Trinajstić information content (AvgIpc) is 3.21. The van der Waals surface area contributed by atoms with Gasteiger partial charge in [-0.2, -0.15) is 0 Å². The van der Waals surface area contributed by atoms with Crippen molar-refractivity contribution in [2.75, 3.05) is 13.7 Å². The van der Waals surface area contributed by atoms with E-state index in [4.69, 9.17) is 14.2 Å². The van der Waals surface area contributed by atoms with Crippen LogP contribution in [0.25, 0.3) is 10.8 Å². The van der Waals surface area contributed by atoms with E-state index in [1.54, 1.807) is 0 Å². The summed E-state index contributed by atoms with van der Waals surface area (Å²) < 4.78 is 17.1. The number of fused-ring (bicyclic) bond motifs is 4. The maximum absolute atomic E-state index is 13.7. The summed E-state index contributed by atoms with van der Waals surface area (Å²) in [6.07, 6.45) is 1.09. The Morgan fingerprint density at radius 2 is 1.87 bits per heavy atom. The molecule has 200 valence electrons. The van der Waals surface area contributed by atoms with Crippen LogP contribution in [0.5, 0.6) is 23.0 Å². The number of hydrogen-bond donors (Lipinski definition) is 2. The molecule has 3 aromatic rings. The summed E-state index contributed by atoms with van der Waals surface area (Å²) in [5, 5.41) is 15.7. The number of rotatable bonds is 7. The normalized spacial score (nSPS) is 19.6. The van der Waals surface area contributed by atoms with Gasteiger partial charge in [0.15, 0.2) is 17.3 Å². The number of carbonyl (C=O) groups excluding carboxylic acids is 4. The first-order valence-electron chi connectivity index (χ1n) is 12.5. The van der Waals surface area contributed by atoms with Gasteiger partial charge >= 0.3 is 0 Å². The lowest BCUT2D eigenvalue weighted by Crippen LogP contribution is -2.47. The van der Waals surface area contributed by atoms with Crippen LogP contribution in [-0.2, 0) is 26.3 Å². The summed E-state index contributed by atoms with van der Waals surface area (Å²) in [6.45, 7) is 5.03. The molecule has 0 spiro atoms. The lowest BCUT2D eigenvalue weighted by Gasteiger charge is -2.30. The molecule has 1 aliphatic carbocycles. The van der Waals surface area contributed by atoms with E-state index in [-0.39, 0.29) is 40.7 Å². The first-order chi connectivity index (χ1) is 18.6. The molecule has 2 atom stereocenters. The molecule has 1 heterocycles. The lowest BCUT2D eigenvalue weighted by molar-refractivity contribution is -0.140. The SMILES string of the molecule is CCOc1ccc2ccccc2c1CNC(=O)c1c(OC)cc(O)c2c1OC1=CC(=O)C(C(C)=O)C(=O)[C@]12C.